The monoisotopic (exact) mass is 409 g/mol. The summed E-state index contributed by atoms with van der Waals surface area (Å²) in [4.78, 5) is 28.8. The first-order valence-electron chi connectivity index (χ1n) is 10.7. The SMILES string of the molecule is CCOC(=O)c1ccc(NC(=O)CCCN2CCN(Cc3ccccc3)CC2)cc1. The largest absolute Gasteiger partial charge is 0.462 e. The van der Waals surface area contributed by atoms with Crippen LogP contribution in [0.4, 0.5) is 5.69 Å². The molecule has 1 fully saturated rings. The van der Waals surface area contributed by atoms with E-state index in [4.69, 9.17) is 4.74 Å². The maximum atomic E-state index is 12.2. The zero-order valence-corrected chi connectivity index (χ0v) is 17.7. The number of carbonyl (C=O) groups excluding carboxylic acids is 2. The predicted octanol–water partition coefficient (Wildman–Crippen LogP) is 3.40. The lowest BCUT2D eigenvalue weighted by atomic mass is 10.2. The highest BCUT2D eigenvalue weighted by Gasteiger charge is 2.17. The van der Waals surface area contributed by atoms with E-state index in [0.717, 1.165) is 45.7 Å². The van der Waals surface area contributed by atoms with Crippen molar-refractivity contribution in [1.29, 1.82) is 0 Å². The summed E-state index contributed by atoms with van der Waals surface area (Å²) in [6, 6.07) is 17.4. The van der Waals surface area contributed by atoms with Crippen molar-refractivity contribution >= 4 is 17.6 Å². The lowest BCUT2D eigenvalue weighted by Gasteiger charge is -2.34. The van der Waals surface area contributed by atoms with Crippen LogP contribution in [0.1, 0.15) is 35.7 Å². The predicted molar refractivity (Wildman–Crippen MR) is 118 cm³/mol. The molecular weight excluding hydrogens is 378 g/mol. The molecule has 0 radical (unpaired) electrons. The Morgan fingerprint density at radius 1 is 0.933 bits per heavy atom. The second kappa shape index (κ2) is 11.5. The molecule has 1 amide bonds. The fourth-order valence-electron chi connectivity index (χ4n) is 3.60. The van der Waals surface area contributed by atoms with Gasteiger partial charge >= 0.3 is 5.97 Å². The number of nitrogens with one attached hydrogen (secondary N) is 1. The number of anilines is 1. The zero-order valence-electron chi connectivity index (χ0n) is 17.7. The topological polar surface area (TPSA) is 61.9 Å². The summed E-state index contributed by atoms with van der Waals surface area (Å²) in [7, 11) is 0. The van der Waals surface area contributed by atoms with Crippen molar-refractivity contribution < 1.29 is 14.3 Å². The highest BCUT2D eigenvalue weighted by molar-refractivity contribution is 5.93. The Morgan fingerprint density at radius 2 is 1.60 bits per heavy atom. The molecule has 6 nitrogen and oxygen atoms in total. The molecule has 6 heteroatoms. The molecule has 2 aromatic carbocycles. The van der Waals surface area contributed by atoms with Crippen LogP contribution in [0.2, 0.25) is 0 Å². The second-order valence-electron chi connectivity index (χ2n) is 7.55. The molecule has 30 heavy (non-hydrogen) atoms. The van der Waals surface area contributed by atoms with E-state index >= 15 is 0 Å². The fraction of sp³-hybridized carbons (Fsp3) is 0.417. The summed E-state index contributed by atoms with van der Waals surface area (Å²) in [5.41, 5.74) is 2.54. The Hall–Kier alpha value is -2.70. The number of amides is 1. The first-order chi connectivity index (χ1) is 14.6. The Morgan fingerprint density at radius 3 is 2.27 bits per heavy atom. The summed E-state index contributed by atoms with van der Waals surface area (Å²) in [5.74, 6) is -0.346. The third-order valence-electron chi connectivity index (χ3n) is 5.27. The van der Waals surface area contributed by atoms with E-state index in [-0.39, 0.29) is 11.9 Å². The van der Waals surface area contributed by atoms with Crippen molar-refractivity contribution in [3.8, 4) is 0 Å². The average Bonchev–Trinajstić information content (AvgIpc) is 2.76. The molecule has 0 aliphatic carbocycles. The van der Waals surface area contributed by atoms with Crippen molar-refractivity contribution in [3.05, 3.63) is 65.7 Å². The molecule has 0 atom stereocenters. The van der Waals surface area contributed by atoms with Gasteiger partial charge in [-0.25, -0.2) is 4.79 Å². The molecule has 1 N–H and O–H groups in total. The van der Waals surface area contributed by atoms with Crippen LogP contribution in [0.3, 0.4) is 0 Å². The fourth-order valence-corrected chi connectivity index (χ4v) is 3.60. The lowest BCUT2D eigenvalue weighted by molar-refractivity contribution is -0.116. The van der Waals surface area contributed by atoms with E-state index in [2.05, 4.69) is 45.4 Å². The van der Waals surface area contributed by atoms with Gasteiger partial charge in [-0.05, 0) is 49.7 Å². The lowest BCUT2D eigenvalue weighted by Crippen LogP contribution is -2.46. The number of carbonyl (C=O) groups is 2. The normalized spacial score (nSPS) is 15.0. The van der Waals surface area contributed by atoms with Gasteiger partial charge in [-0.15, -0.1) is 0 Å². The molecule has 1 aliphatic heterocycles. The van der Waals surface area contributed by atoms with Gasteiger partial charge in [0.2, 0.25) is 5.91 Å². The van der Waals surface area contributed by atoms with Crippen LogP contribution in [0.15, 0.2) is 54.6 Å². The van der Waals surface area contributed by atoms with Gasteiger partial charge in [0.1, 0.15) is 0 Å². The second-order valence-corrected chi connectivity index (χ2v) is 7.55. The zero-order chi connectivity index (χ0) is 21.2. The molecule has 2 aromatic rings. The number of hydrogen-bond donors (Lipinski definition) is 1. The summed E-state index contributed by atoms with van der Waals surface area (Å²) in [6.07, 6.45) is 1.33. The van der Waals surface area contributed by atoms with E-state index < -0.39 is 0 Å². The van der Waals surface area contributed by atoms with Gasteiger partial charge in [0.05, 0.1) is 12.2 Å². The molecule has 1 saturated heterocycles. The molecule has 0 unspecified atom stereocenters. The van der Waals surface area contributed by atoms with Crippen LogP contribution >= 0.6 is 0 Å². The van der Waals surface area contributed by atoms with Gasteiger partial charge in [-0.1, -0.05) is 30.3 Å². The van der Waals surface area contributed by atoms with E-state index in [1.807, 2.05) is 0 Å². The number of piperazine rings is 1. The molecular formula is C24H31N3O3. The van der Waals surface area contributed by atoms with Crippen molar-refractivity contribution in [2.45, 2.75) is 26.3 Å². The minimum Gasteiger partial charge on any atom is -0.462 e. The summed E-state index contributed by atoms with van der Waals surface area (Å²) >= 11 is 0. The number of ether oxygens (including phenoxy) is 1. The Bertz CT molecular complexity index is 800. The minimum atomic E-state index is -0.348. The number of esters is 1. The highest BCUT2D eigenvalue weighted by atomic mass is 16.5. The summed E-state index contributed by atoms with van der Waals surface area (Å²) < 4.78 is 4.96. The van der Waals surface area contributed by atoms with Gasteiger partial charge < -0.3 is 15.0 Å². The summed E-state index contributed by atoms with van der Waals surface area (Å²) in [5, 5.41) is 2.89. The molecule has 0 bridgehead atoms. The molecule has 3 rings (SSSR count). The van der Waals surface area contributed by atoms with E-state index in [1.54, 1.807) is 31.2 Å². The average molecular weight is 410 g/mol. The van der Waals surface area contributed by atoms with Crippen LogP contribution in [-0.4, -0.2) is 61.0 Å². The molecule has 160 valence electrons. The van der Waals surface area contributed by atoms with Gasteiger partial charge in [-0.2, -0.15) is 0 Å². The Balaban J connectivity index is 1.32. The van der Waals surface area contributed by atoms with Crippen LogP contribution < -0.4 is 5.32 Å². The third-order valence-corrected chi connectivity index (χ3v) is 5.27. The number of nitrogens with zero attached hydrogens (tertiary/aromatic N) is 2. The van der Waals surface area contributed by atoms with Gasteiger partial charge in [0, 0.05) is 44.8 Å². The van der Waals surface area contributed by atoms with Gasteiger partial charge in [0.25, 0.3) is 0 Å². The van der Waals surface area contributed by atoms with Gasteiger partial charge in [0.15, 0.2) is 0 Å². The number of rotatable bonds is 9. The third kappa shape index (κ3) is 6.97. The maximum Gasteiger partial charge on any atom is 0.338 e. The van der Waals surface area contributed by atoms with Crippen molar-refractivity contribution in [1.82, 2.24) is 9.80 Å². The number of benzene rings is 2. The molecule has 0 spiro atoms. The number of hydrogen-bond acceptors (Lipinski definition) is 5. The first kappa shape index (κ1) is 22.0. The van der Waals surface area contributed by atoms with Crippen LogP contribution in [0, 0.1) is 0 Å². The van der Waals surface area contributed by atoms with E-state index in [9.17, 15) is 9.59 Å². The Kier molecular flexibility index (Phi) is 8.41. The minimum absolute atomic E-state index is 0.00148. The summed E-state index contributed by atoms with van der Waals surface area (Å²) in [6.45, 7) is 8.28. The molecule has 0 saturated carbocycles. The molecule has 0 aromatic heterocycles. The van der Waals surface area contributed by atoms with Crippen LogP contribution in [0.25, 0.3) is 0 Å². The quantitative estimate of drug-likeness (QED) is 0.643. The molecule has 1 aliphatic rings. The van der Waals surface area contributed by atoms with Crippen molar-refractivity contribution in [2.75, 3.05) is 44.6 Å². The highest BCUT2D eigenvalue weighted by Crippen LogP contribution is 2.12. The molecule has 1 heterocycles. The standard InChI is InChI=1S/C24H31N3O3/c1-2-30-24(29)21-10-12-22(13-11-21)25-23(28)9-6-14-26-15-17-27(18-16-26)19-20-7-4-3-5-8-20/h3-5,7-8,10-13H,2,6,9,14-19H2,1H3,(H,25,28). The van der Waals surface area contributed by atoms with E-state index in [0.29, 0.717) is 24.3 Å². The smallest absolute Gasteiger partial charge is 0.338 e. The van der Waals surface area contributed by atoms with Crippen LogP contribution in [-0.2, 0) is 16.1 Å². The maximum absolute atomic E-state index is 12.2. The van der Waals surface area contributed by atoms with Crippen molar-refractivity contribution in [2.24, 2.45) is 0 Å². The Labute approximate surface area is 178 Å². The van der Waals surface area contributed by atoms with E-state index in [1.165, 1.54) is 5.56 Å². The first-order valence-corrected chi connectivity index (χ1v) is 10.7. The van der Waals surface area contributed by atoms with Crippen LogP contribution in [0.5, 0.6) is 0 Å². The van der Waals surface area contributed by atoms with Gasteiger partial charge in [-0.3, -0.25) is 9.69 Å². The van der Waals surface area contributed by atoms with Crippen molar-refractivity contribution in [3.63, 3.8) is 0 Å².